The van der Waals surface area contributed by atoms with Crippen LogP contribution < -0.4 is 0 Å². The molecule has 0 amide bonds. The smallest absolute Gasteiger partial charge is 0.130 e. The van der Waals surface area contributed by atoms with E-state index >= 15 is 0 Å². The Morgan fingerprint density at radius 2 is 1.90 bits per heavy atom. The highest BCUT2D eigenvalue weighted by Gasteiger charge is 2.35. The number of hydrogen-bond acceptors (Lipinski definition) is 3. The van der Waals surface area contributed by atoms with Crippen molar-refractivity contribution in [2.45, 2.75) is 58.1 Å². The van der Waals surface area contributed by atoms with E-state index in [1.165, 1.54) is 19.3 Å². The van der Waals surface area contributed by atoms with E-state index in [1.807, 2.05) is 14.0 Å². The number of nitrogens with zero attached hydrogens (tertiary/aromatic N) is 3. The summed E-state index contributed by atoms with van der Waals surface area (Å²) in [6.45, 7) is 8.35. The third-order valence-electron chi connectivity index (χ3n) is 4.65. The van der Waals surface area contributed by atoms with Crippen molar-refractivity contribution >= 4 is 11.6 Å². The summed E-state index contributed by atoms with van der Waals surface area (Å²) in [5.41, 5.74) is 1.64. The molecule has 5 heteroatoms. The van der Waals surface area contributed by atoms with Gasteiger partial charge in [-0.15, -0.1) is 0 Å². The second kappa shape index (κ2) is 6.04. The van der Waals surface area contributed by atoms with Crippen LogP contribution in [0.1, 0.15) is 44.4 Å². The first kappa shape index (κ1) is 15.8. The van der Waals surface area contributed by atoms with Crippen molar-refractivity contribution in [1.29, 1.82) is 0 Å². The van der Waals surface area contributed by atoms with Gasteiger partial charge in [-0.1, -0.05) is 18.0 Å². The summed E-state index contributed by atoms with van der Waals surface area (Å²) in [4.78, 5) is 2.40. The molecule has 2 heterocycles. The Hall–Kier alpha value is -0.580. The summed E-state index contributed by atoms with van der Waals surface area (Å²) in [7, 11) is 1.83. The molecular weight excluding hydrogens is 274 g/mol. The van der Waals surface area contributed by atoms with Gasteiger partial charge >= 0.3 is 0 Å². The van der Waals surface area contributed by atoms with Gasteiger partial charge in [-0.05, 0) is 46.7 Å². The quantitative estimate of drug-likeness (QED) is 0.929. The van der Waals surface area contributed by atoms with Crippen LogP contribution in [0.3, 0.4) is 0 Å². The molecule has 1 aromatic heterocycles. The van der Waals surface area contributed by atoms with E-state index in [4.69, 9.17) is 11.6 Å². The van der Waals surface area contributed by atoms with Crippen LogP contribution in [0.25, 0.3) is 0 Å². The molecular formula is C15H26ClN3O. The first-order valence-electron chi connectivity index (χ1n) is 7.45. The number of aromatic nitrogens is 2. The fourth-order valence-electron chi connectivity index (χ4n) is 3.03. The maximum Gasteiger partial charge on any atom is 0.130 e. The molecule has 0 aliphatic carbocycles. The van der Waals surface area contributed by atoms with Crippen LogP contribution in [-0.4, -0.2) is 44.5 Å². The van der Waals surface area contributed by atoms with Crippen LogP contribution >= 0.6 is 11.6 Å². The summed E-state index contributed by atoms with van der Waals surface area (Å²) in [6.07, 6.45) is 3.87. The molecule has 1 fully saturated rings. The first-order valence-corrected chi connectivity index (χ1v) is 7.83. The summed E-state index contributed by atoms with van der Waals surface area (Å²) in [5.74, 6) is 0. The molecule has 1 atom stereocenters. The Labute approximate surface area is 126 Å². The molecule has 20 heavy (non-hydrogen) atoms. The highest BCUT2D eigenvalue weighted by atomic mass is 35.5. The number of hydrogen-bond donors (Lipinski definition) is 1. The molecule has 1 aliphatic rings. The van der Waals surface area contributed by atoms with Crippen LogP contribution in [0.15, 0.2) is 0 Å². The Balaban J connectivity index is 2.11. The maximum absolute atomic E-state index is 10.7. The Bertz CT molecular complexity index is 464. The molecule has 1 aromatic rings. The number of halogens is 1. The average molecular weight is 300 g/mol. The van der Waals surface area contributed by atoms with Gasteiger partial charge in [0.15, 0.2) is 0 Å². The van der Waals surface area contributed by atoms with E-state index < -0.39 is 6.10 Å². The summed E-state index contributed by atoms with van der Waals surface area (Å²) in [5, 5.41) is 15.7. The predicted octanol–water partition coefficient (Wildman–Crippen LogP) is 2.55. The van der Waals surface area contributed by atoms with Crippen LogP contribution in [0.5, 0.6) is 0 Å². The van der Waals surface area contributed by atoms with Gasteiger partial charge < -0.3 is 5.11 Å². The van der Waals surface area contributed by atoms with E-state index in [9.17, 15) is 5.11 Å². The Kier molecular flexibility index (Phi) is 4.77. The third kappa shape index (κ3) is 3.02. The number of rotatable bonds is 4. The van der Waals surface area contributed by atoms with Crippen molar-refractivity contribution in [3.05, 3.63) is 16.4 Å². The molecule has 1 N–H and O–H groups in total. The van der Waals surface area contributed by atoms with Crippen molar-refractivity contribution < 1.29 is 5.11 Å². The molecule has 1 saturated heterocycles. The van der Waals surface area contributed by atoms with E-state index in [-0.39, 0.29) is 5.54 Å². The van der Waals surface area contributed by atoms with Gasteiger partial charge in [-0.2, -0.15) is 5.10 Å². The molecule has 4 nitrogen and oxygen atoms in total. The minimum absolute atomic E-state index is 0.230. The summed E-state index contributed by atoms with van der Waals surface area (Å²) >= 11 is 6.27. The van der Waals surface area contributed by atoms with E-state index in [0.717, 1.165) is 24.3 Å². The Morgan fingerprint density at radius 1 is 1.30 bits per heavy atom. The summed E-state index contributed by atoms with van der Waals surface area (Å²) in [6, 6.07) is 0. The van der Waals surface area contributed by atoms with Crippen molar-refractivity contribution in [3.8, 4) is 0 Å². The molecule has 1 aliphatic heterocycles. The van der Waals surface area contributed by atoms with Crippen LogP contribution in [0.2, 0.25) is 5.15 Å². The molecule has 0 bridgehead atoms. The van der Waals surface area contributed by atoms with Gasteiger partial charge in [0.2, 0.25) is 0 Å². The topological polar surface area (TPSA) is 41.3 Å². The van der Waals surface area contributed by atoms with Gasteiger partial charge in [-0.3, -0.25) is 9.58 Å². The SMILES string of the molecule is Cc1nn(C)c(Cl)c1CC(O)C(C)(C)N1CCCCC1. The zero-order valence-electron chi connectivity index (χ0n) is 13.0. The first-order chi connectivity index (χ1) is 9.34. The lowest BCUT2D eigenvalue weighted by Gasteiger charge is -2.44. The van der Waals surface area contributed by atoms with Crippen molar-refractivity contribution in [1.82, 2.24) is 14.7 Å². The van der Waals surface area contributed by atoms with Crippen LogP contribution in [-0.2, 0) is 13.5 Å². The highest BCUT2D eigenvalue weighted by Crippen LogP contribution is 2.28. The van der Waals surface area contributed by atoms with Gasteiger partial charge in [-0.25, -0.2) is 0 Å². The van der Waals surface area contributed by atoms with Crippen molar-refractivity contribution in [2.24, 2.45) is 7.05 Å². The fourth-order valence-corrected chi connectivity index (χ4v) is 3.28. The van der Waals surface area contributed by atoms with Gasteiger partial charge in [0.1, 0.15) is 5.15 Å². The standard InChI is InChI=1S/C15H26ClN3O/c1-11-12(14(16)18(4)17-11)10-13(20)15(2,3)19-8-6-5-7-9-19/h13,20H,5-10H2,1-4H3. The normalized spacial score (nSPS) is 19.3. The molecule has 0 radical (unpaired) electrons. The number of likely N-dealkylation sites (tertiary alicyclic amines) is 1. The second-order valence-corrected chi connectivity index (χ2v) is 6.76. The second-order valence-electron chi connectivity index (χ2n) is 6.40. The number of aryl methyl sites for hydroxylation is 2. The minimum atomic E-state index is -0.444. The van der Waals surface area contributed by atoms with Gasteiger partial charge in [0.25, 0.3) is 0 Å². The van der Waals surface area contributed by atoms with Crippen LogP contribution in [0.4, 0.5) is 0 Å². The molecule has 1 unspecified atom stereocenters. The third-order valence-corrected chi connectivity index (χ3v) is 5.13. The minimum Gasteiger partial charge on any atom is -0.391 e. The Morgan fingerprint density at radius 3 is 2.40 bits per heavy atom. The van der Waals surface area contributed by atoms with E-state index in [2.05, 4.69) is 23.8 Å². The van der Waals surface area contributed by atoms with E-state index in [1.54, 1.807) is 4.68 Å². The van der Waals surface area contributed by atoms with Crippen LogP contribution in [0, 0.1) is 6.92 Å². The van der Waals surface area contributed by atoms with Crippen molar-refractivity contribution in [2.75, 3.05) is 13.1 Å². The monoisotopic (exact) mass is 299 g/mol. The fraction of sp³-hybridized carbons (Fsp3) is 0.800. The molecule has 114 valence electrons. The average Bonchev–Trinajstić information content (AvgIpc) is 2.66. The number of aliphatic hydroxyl groups is 1. The molecule has 0 spiro atoms. The zero-order chi connectivity index (χ0) is 14.9. The lowest BCUT2D eigenvalue weighted by atomic mass is 9.88. The largest absolute Gasteiger partial charge is 0.391 e. The van der Waals surface area contributed by atoms with E-state index in [0.29, 0.717) is 11.6 Å². The number of piperidine rings is 1. The molecule has 2 rings (SSSR count). The lowest BCUT2D eigenvalue weighted by Crippen LogP contribution is -2.54. The maximum atomic E-state index is 10.7. The van der Waals surface area contributed by atoms with Crippen molar-refractivity contribution in [3.63, 3.8) is 0 Å². The van der Waals surface area contributed by atoms with Gasteiger partial charge in [0, 0.05) is 24.6 Å². The molecule has 0 saturated carbocycles. The zero-order valence-corrected chi connectivity index (χ0v) is 13.7. The highest BCUT2D eigenvalue weighted by molar-refractivity contribution is 6.30. The van der Waals surface area contributed by atoms with Gasteiger partial charge in [0.05, 0.1) is 11.8 Å². The summed E-state index contributed by atoms with van der Waals surface area (Å²) < 4.78 is 1.67. The molecule has 0 aromatic carbocycles. The number of aliphatic hydroxyl groups excluding tert-OH is 1. The lowest BCUT2D eigenvalue weighted by molar-refractivity contribution is -0.0187. The predicted molar refractivity (Wildman–Crippen MR) is 82.2 cm³/mol.